The first-order valence-corrected chi connectivity index (χ1v) is 10.3. The summed E-state index contributed by atoms with van der Waals surface area (Å²) < 4.78 is 11.3. The summed E-state index contributed by atoms with van der Waals surface area (Å²) in [5.41, 5.74) is 1.44. The number of nitrogens with one attached hydrogen (secondary N) is 2. The summed E-state index contributed by atoms with van der Waals surface area (Å²) in [6, 6.07) is 21.0. The van der Waals surface area contributed by atoms with Gasteiger partial charge in [0.05, 0.1) is 10.7 Å². The van der Waals surface area contributed by atoms with Crippen LogP contribution in [0.25, 0.3) is 0 Å². The van der Waals surface area contributed by atoms with E-state index in [2.05, 4.69) is 10.6 Å². The predicted molar refractivity (Wildman–Crippen MR) is 120 cm³/mol. The number of benzene rings is 3. The Hall–Kier alpha value is -3.35. The highest BCUT2D eigenvalue weighted by molar-refractivity contribution is 6.32. The van der Waals surface area contributed by atoms with Gasteiger partial charge in [0.1, 0.15) is 11.9 Å². The average molecular weight is 437 g/mol. The lowest BCUT2D eigenvalue weighted by Gasteiger charge is -2.14. The molecule has 0 aliphatic carbocycles. The van der Waals surface area contributed by atoms with Crippen LogP contribution in [0.1, 0.15) is 23.2 Å². The Morgan fingerprint density at radius 1 is 0.935 bits per heavy atom. The minimum atomic E-state index is -0.439. The molecule has 0 bridgehead atoms. The molecule has 0 saturated carbocycles. The first kappa shape index (κ1) is 20.9. The third-order valence-corrected chi connectivity index (χ3v) is 5.12. The molecule has 1 heterocycles. The number of hydrogen-bond donors (Lipinski definition) is 2. The van der Waals surface area contributed by atoms with E-state index in [9.17, 15) is 9.59 Å². The number of carbonyl (C=O) groups is 2. The topological polar surface area (TPSA) is 76.7 Å². The van der Waals surface area contributed by atoms with Gasteiger partial charge in [0, 0.05) is 17.9 Å². The first-order chi connectivity index (χ1) is 15.1. The minimum Gasteiger partial charge on any atom is -0.454 e. The third kappa shape index (κ3) is 5.23. The largest absolute Gasteiger partial charge is 0.454 e. The van der Waals surface area contributed by atoms with Gasteiger partial charge < -0.3 is 20.1 Å². The van der Waals surface area contributed by atoms with Crippen LogP contribution in [0, 0.1) is 0 Å². The molecule has 3 aromatic carbocycles. The molecule has 1 saturated heterocycles. The molecule has 6 nitrogen and oxygen atoms in total. The molecule has 1 aliphatic heterocycles. The Bertz CT molecular complexity index is 1100. The van der Waals surface area contributed by atoms with Crippen molar-refractivity contribution < 1.29 is 19.1 Å². The van der Waals surface area contributed by atoms with Crippen LogP contribution in [0.15, 0.2) is 72.8 Å². The number of amides is 2. The summed E-state index contributed by atoms with van der Waals surface area (Å²) in [6.45, 7) is 0.593. The number of halogens is 1. The molecule has 1 aliphatic rings. The van der Waals surface area contributed by atoms with Gasteiger partial charge in [-0.05, 0) is 55.3 Å². The van der Waals surface area contributed by atoms with Crippen LogP contribution in [0.5, 0.6) is 11.5 Å². The zero-order chi connectivity index (χ0) is 21.6. The molecule has 0 aromatic heterocycles. The number of carbonyl (C=O) groups excluding carboxylic acids is 2. The van der Waals surface area contributed by atoms with Gasteiger partial charge in [0.25, 0.3) is 11.8 Å². The molecule has 2 N–H and O–H groups in total. The van der Waals surface area contributed by atoms with Crippen molar-refractivity contribution in [2.45, 2.75) is 18.9 Å². The highest BCUT2D eigenvalue weighted by Gasteiger charge is 2.23. The molecule has 4 rings (SSSR count). The van der Waals surface area contributed by atoms with Gasteiger partial charge in [-0.25, -0.2) is 0 Å². The average Bonchev–Trinajstić information content (AvgIpc) is 3.32. The maximum Gasteiger partial charge on any atom is 0.255 e. The molecular weight excluding hydrogens is 416 g/mol. The highest BCUT2D eigenvalue weighted by Crippen LogP contribution is 2.33. The van der Waals surface area contributed by atoms with Gasteiger partial charge in [0.15, 0.2) is 5.75 Å². The Kier molecular flexibility index (Phi) is 6.50. The summed E-state index contributed by atoms with van der Waals surface area (Å²) in [5, 5.41) is 6.14. The molecule has 3 aromatic rings. The van der Waals surface area contributed by atoms with Crippen molar-refractivity contribution in [2.24, 2.45) is 0 Å². The fraction of sp³-hybridized carbons (Fsp3) is 0.167. The van der Waals surface area contributed by atoms with Crippen LogP contribution in [0.2, 0.25) is 5.02 Å². The van der Waals surface area contributed by atoms with Crippen molar-refractivity contribution in [1.29, 1.82) is 0 Å². The number of hydrogen-bond acceptors (Lipinski definition) is 4. The van der Waals surface area contributed by atoms with Gasteiger partial charge in [-0.15, -0.1) is 0 Å². The molecular formula is C24H21ClN2O4. The smallest absolute Gasteiger partial charge is 0.255 e. The van der Waals surface area contributed by atoms with Crippen molar-refractivity contribution in [3.8, 4) is 11.5 Å². The zero-order valence-corrected chi connectivity index (χ0v) is 17.4. The number of ether oxygens (including phenoxy) is 2. The summed E-state index contributed by atoms with van der Waals surface area (Å²) >= 11 is 6.18. The van der Waals surface area contributed by atoms with Gasteiger partial charge in [0.2, 0.25) is 0 Å². The lowest BCUT2D eigenvalue weighted by molar-refractivity contribution is -0.124. The van der Waals surface area contributed by atoms with Gasteiger partial charge in [-0.2, -0.15) is 0 Å². The second-order valence-corrected chi connectivity index (χ2v) is 7.46. The molecule has 2 amide bonds. The van der Waals surface area contributed by atoms with E-state index in [1.807, 2.05) is 18.2 Å². The second-order valence-electron chi connectivity index (χ2n) is 7.05. The molecule has 1 atom stereocenters. The van der Waals surface area contributed by atoms with Crippen LogP contribution in [-0.2, 0) is 9.53 Å². The van der Waals surface area contributed by atoms with Crippen molar-refractivity contribution in [3.05, 3.63) is 83.4 Å². The van der Waals surface area contributed by atoms with Crippen molar-refractivity contribution >= 4 is 34.8 Å². The van der Waals surface area contributed by atoms with E-state index in [-0.39, 0.29) is 11.8 Å². The SMILES string of the molecule is O=C(Nc1ccccc1Oc1ccccc1Cl)c1cccc(NC(=O)[C@@H]2CCCO2)c1. The Balaban J connectivity index is 1.47. The highest BCUT2D eigenvalue weighted by atomic mass is 35.5. The molecule has 0 radical (unpaired) electrons. The van der Waals surface area contributed by atoms with Crippen LogP contribution in [0.4, 0.5) is 11.4 Å². The number of anilines is 2. The Morgan fingerprint density at radius 3 is 2.48 bits per heavy atom. The van der Waals surface area contributed by atoms with E-state index in [0.29, 0.717) is 46.5 Å². The van der Waals surface area contributed by atoms with E-state index >= 15 is 0 Å². The zero-order valence-electron chi connectivity index (χ0n) is 16.6. The molecule has 0 unspecified atom stereocenters. The third-order valence-electron chi connectivity index (χ3n) is 4.81. The Labute approximate surface area is 185 Å². The van der Waals surface area contributed by atoms with E-state index in [1.54, 1.807) is 54.6 Å². The van der Waals surface area contributed by atoms with Gasteiger partial charge in [-0.3, -0.25) is 9.59 Å². The fourth-order valence-electron chi connectivity index (χ4n) is 3.24. The van der Waals surface area contributed by atoms with Gasteiger partial charge in [-0.1, -0.05) is 41.9 Å². The van der Waals surface area contributed by atoms with Crippen molar-refractivity contribution in [1.82, 2.24) is 0 Å². The molecule has 1 fully saturated rings. The lowest BCUT2D eigenvalue weighted by atomic mass is 10.1. The predicted octanol–water partition coefficient (Wildman–Crippen LogP) is 5.50. The monoisotopic (exact) mass is 436 g/mol. The molecule has 158 valence electrons. The molecule has 31 heavy (non-hydrogen) atoms. The minimum absolute atomic E-state index is 0.200. The summed E-state index contributed by atoms with van der Waals surface area (Å²) in [4.78, 5) is 25.1. The maximum atomic E-state index is 12.8. The van der Waals surface area contributed by atoms with Gasteiger partial charge >= 0.3 is 0 Å². The summed E-state index contributed by atoms with van der Waals surface area (Å²) in [7, 11) is 0. The van der Waals surface area contributed by atoms with Crippen LogP contribution in [0.3, 0.4) is 0 Å². The van der Waals surface area contributed by atoms with Crippen LogP contribution < -0.4 is 15.4 Å². The Morgan fingerprint density at radius 2 is 1.71 bits per heavy atom. The first-order valence-electron chi connectivity index (χ1n) is 9.95. The number of rotatable bonds is 6. The van der Waals surface area contributed by atoms with Crippen molar-refractivity contribution in [3.63, 3.8) is 0 Å². The standard InChI is InChI=1S/C24H21ClN2O4/c25-18-9-1-3-11-20(18)31-21-12-4-2-10-19(21)27-23(28)16-7-5-8-17(15-16)26-24(29)22-13-6-14-30-22/h1-5,7-12,15,22H,6,13-14H2,(H,26,29)(H,27,28)/t22-/m0/s1. The quantitative estimate of drug-likeness (QED) is 0.534. The van der Waals surface area contributed by atoms with Crippen LogP contribution in [-0.4, -0.2) is 24.5 Å². The van der Waals surface area contributed by atoms with E-state index in [4.69, 9.17) is 21.1 Å². The second kappa shape index (κ2) is 9.64. The number of para-hydroxylation sites is 3. The van der Waals surface area contributed by atoms with E-state index in [1.165, 1.54) is 0 Å². The van der Waals surface area contributed by atoms with E-state index < -0.39 is 6.10 Å². The lowest BCUT2D eigenvalue weighted by Crippen LogP contribution is -2.27. The summed E-state index contributed by atoms with van der Waals surface area (Å²) in [6.07, 6.45) is 1.14. The van der Waals surface area contributed by atoms with Crippen LogP contribution >= 0.6 is 11.6 Å². The fourth-order valence-corrected chi connectivity index (χ4v) is 3.42. The molecule has 0 spiro atoms. The maximum absolute atomic E-state index is 12.8. The molecule has 7 heteroatoms. The normalized spacial score (nSPS) is 15.3. The van der Waals surface area contributed by atoms with Crippen molar-refractivity contribution in [2.75, 3.05) is 17.2 Å². The van der Waals surface area contributed by atoms with E-state index in [0.717, 1.165) is 6.42 Å². The summed E-state index contributed by atoms with van der Waals surface area (Å²) in [5.74, 6) is 0.425.